The lowest BCUT2D eigenvalue weighted by atomic mass is 9.93. The Hall–Kier alpha value is -3.29. The predicted octanol–water partition coefficient (Wildman–Crippen LogP) is 3.93. The molecule has 1 aromatic carbocycles. The number of nitrogens with one attached hydrogen (secondary N) is 2. The van der Waals surface area contributed by atoms with Crippen LogP contribution in [-0.4, -0.2) is 32.2 Å². The number of aliphatic carboxylic acids is 1. The molecule has 31 heavy (non-hydrogen) atoms. The largest absolute Gasteiger partial charge is 0.481 e. The van der Waals surface area contributed by atoms with Crippen molar-refractivity contribution in [3.05, 3.63) is 59.3 Å². The SMILES string of the molecule is CC(C)c1ccc([C@@H](NC(=O)[C@@H]2CCC[C@@H]2C(=O)O)c2ccc3cn[nH]c3c2)nc1F. The molecule has 0 radical (unpaired) electrons. The van der Waals surface area contributed by atoms with Crippen LogP contribution in [0.2, 0.25) is 0 Å². The first-order valence-electron chi connectivity index (χ1n) is 10.5. The van der Waals surface area contributed by atoms with Crippen molar-refractivity contribution in [2.24, 2.45) is 11.8 Å². The van der Waals surface area contributed by atoms with E-state index in [4.69, 9.17) is 0 Å². The number of aromatic nitrogens is 3. The van der Waals surface area contributed by atoms with E-state index < -0.39 is 29.8 Å². The van der Waals surface area contributed by atoms with Gasteiger partial charge in [0, 0.05) is 10.9 Å². The second-order valence-electron chi connectivity index (χ2n) is 8.41. The van der Waals surface area contributed by atoms with Gasteiger partial charge in [-0.25, -0.2) is 4.98 Å². The Bertz CT molecular complexity index is 1130. The lowest BCUT2D eigenvalue weighted by Crippen LogP contribution is -2.38. The maximum atomic E-state index is 14.7. The molecule has 0 spiro atoms. The van der Waals surface area contributed by atoms with Crippen molar-refractivity contribution in [2.45, 2.75) is 45.1 Å². The third-order valence-corrected chi connectivity index (χ3v) is 6.07. The van der Waals surface area contributed by atoms with Crippen LogP contribution in [0.3, 0.4) is 0 Å². The summed E-state index contributed by atoms with van der Waals surface area (Å²) in [4.78, 5) is 28.8. The van der Waals surface area contributed by atoms with Gasteiger partial charge >= 0.3 is 5.97 Å². The number of carboxylic acids is 1. The Kier molecular flexibility index (Phi) is 5.71. The minimum Gasteiger partial charge on any atom is -0.481 e. The number of hydrogen-bond donors (Lipinski definition) is 3. The summed E-state index contributed by atoms with van der Waals surface area (Å²) in [6, 6.07) is 8.22. The quantitative estimate of drug-likeness (QED) is 0.520. The molecule has 0 aliphatic heterocycles. The maximum absolute atomic E-state index is 14.7. The average molecular weight is 424 g/mol. The molecule has 3 aromatic rings. The minimum atomic E-state index is -0.960. The van der Waals surface area contributed by atoms with E-state index in [0.717, 1.165) is 10.9 Å². The first-order valence-corrected chi connectivity index (χ1v) is 10.5. The third kappa shape index (κ3) is 4.15. The van der Waals surface area contributed by atoms with Crippen molar-refractivity contribution < 1.29 is 19.1 Å². The zero-order chi connectivity index (χ0) is 22.1. The van der Waals surface area contributed by atoms with Crippen LogP contribution in [0.25, 0.3) is 10.9 Å². The molecule has 3 N–H and O–H groups in total. The lowest BCUT2D eigenvalue weighted by Gasteiger charge is -2.23. The number of carbonyl (C=O) groups is 2. The molecule has 2 aromatic heterocycles. The summed E-state index contributed by atoms with van der Waals surface area (Å²) >= 11 is 0. The predicted molar refractivity (Wildman–Crippen MR) is 113 cm³/mol. The summed E-state index contributed by atoms with van der Waals surface area (Å²) in [5.74, 6) is -3.22. The van der Waals surface area contributed by atoms with Gasteiger partial charge < -0.3 is 10.4 Å². The second kappa shape index (κ2) is 8.45. The van der Waals surface area contributed by atoms with Crippen molar-refractivity contribution in [2.75, 3.05) is 0 Å². The number of rotatable bonds is 6. The van der Waals surface area contributed by atoms with Gasteiger partial charge in [-0.15, -0.1) is 0 Å². The topological polar surface area (TPSA) is 108 Å². The standard InChI is InChI=1S/C23H25FN4O3/c1-12(2)15-8-9-18(26-21(15)24)20(13-6-7-14-11-25-28-19(14)10-13)27-22(29)16-4-3-5-17(16)23(30)31/h6-12,16-17,20H,3-5H2,1-2H3,(H,25,28)(H,27,29)(H,30,31)/t16-,17+,20+/m1/s1. The fourth-order valence-corrected chi connectivity index (χ4v) is 4.33. The van der Waals surface area contributed by atoms with Crippen molar-refractivity contribution >= 4 is 22.8 Å². The number of carbonyl (C=O) groups excluding carboxylic acids is 1. The Morgan fingerprint density at radius 2 is 1.97 bits per heavy atom. The highest BCUT2D eigenvalue weighted by atomic mass is 19.1. The minimum absolute atomic E-state index is 0.0225. The molecule has 1 fully saturated rings. The van der Waals surface area contributed by atoms with E-state index in [1.807, 2.05) is 32.0 Å². The second-order valence-corrected chi connectivity index (χ2v) is 8.41. The summed E-state index contributed by atoms with van der Waals surface area (Å²) < 4.78 is 14.7. The van der Waals surface area contributed by atoms with Crippen LogP contribution in [0.4, 0.5) is 4.39 Å². The number of amides is 1. The molecule has 3 atom stereocenters. The van der Waals surface area contributed by atoms with Crippen molar-refractivity contribution in [1.29, 1.82) is 0 Å². The molecular weight excluding hydrogens is 399 g/mol. The molecule has 4 rings (SSSR count). The summed E-state index contributed by atoms with van der Waals surface area (Å²) in [7, 11) is 0. The Labute approximate surface area is 179 Å². The zero-order valence-corrected chi connectivity index (χ0v) is 17.4. The molecule has 0 bridgehead atoms. The molecule has 162 valence electrons. The number of nitrogens with zero attached hydrogens (tertiary/aromatic N) is 2. The van der Waals surface area contributed by atoms with Crippen LogP contribution in [0, 0.1) is 17.8 Å². The van der Waals surface area contributed by atoms with Gasteiger partial charge in [-0.05, 0) is 36.5 Å². The first-order chi connectivity index (χ1) is 14.8. The number of aromatic amines is 1. The van der Waals surface area contributed by atoms with Gasteiger partial charge in [0.15, 0.2) is 0 Å². The number of benzene rings is 1. The van der Waals surface area contributed by atoms with Crippen LogP contribution < -0.4 is 5.32 Å². The van der Waals surface area contributed by atoms with E-state index in [9.17, 15) is 19.1 Å². The number of halogens is 1. The number of pyridine rings is 1. The molecule has 7 nitrogen and oxygen atoms in total. The smallest absolute Gasteiger partial charge is 0.307 e. The maximum Gasteiger partial charge on any atom is 0.307 e. The third-order valence-electron chi connectivity index (χ3n) is 6.07. The van der Waals surface area contributed by atoms with E-state index in [1.54, 1.807) is 18.3 Å². The molecule has 0 unspecified atom stereocenters. The van der Waals surface area contributed by atoms with E-state index in [-0.39, 0.29) is 11.8 Å². The normalized spacial score (nSPS) is 19.6. The summed E-state index contributed by atoms with van der Waals surface area (Å²) in [5.41, 5.74) is 2.35. The highest BCUT2D eigenvalue weighted by Gasteiger charge is 2.38. The van der Waals surface area contributed by atoms with E-state index in [1.165, 1.54) is 0 Å². The Morgan fingerprint density at radius 1 is 1.19 bits per heavy atom. The molecular formula is C23H25FN4O3. The van der Waals surface area contributed by atoms with Crippen LogP contribution in [0.5, 0.6) is 0 Å². The fourth-order valence-electron chi connectivity index (χ4n) is 4.33. The summed E-state index contributed by atoms with van der Waals surface area (Å²) in [6.07, 6.45) is 3.38. The Balaban J connectivity index is 1.71. The highest BCUT2D eigenvalue weighted by Crippen LogP contribution is 2.34. The van der Waals surface area contributed by atoms with Crippen molar-refractivity contribution in [1.82, 2.24) is 20.5 Å². The number of carboxylic acid groups (broad SMARTS) is 1. The molecule has 1 saturated carbocycles. The van der Waals surface area contributed by atoms with Gasteiger partial charge in [-0.1, -0.05) is 38.5 Å². The number of fused-ring (bicyclic) bond motifs is 1. The first kappa shape index (κ1) is 21.0. The molecule has 1 aliphatic rings. The van der Waals surface area contributed by atoms with Gasteiger partial charge in [-0.3, -0.25) is 14.7 Å². The molecule has 2 heterocycles. The summed E-state index contributed by atoms with van der Waals surface area (Å²) in [6.45, 7) is 3.77. The van der Waals surface area contributed by atoms with Gasteiger partial charge in [0.2, 0.25) is 11.9 Å². The molecule has 1 aliphatic carbocycles. The van der Waals surface area contributed by atoms with Gasteiger partial charge in [-0.2, -0.15) is 9.49 Å². The number of H-pyrrole nitrogens is 1. The molecule has 8 heteroatoms. The van der Waals surface area contributed by atoms with Gasteiger partial charge in [0.1, 0.15) is 0 Å². The van der Waals surface area contributed by atoms with Crippen LogP contribution >= 0.6 is 0 Å². The van der Waals surface area contributed by atoms with Crippen molar-refractivity contribution in [3.8, 4) is 0 Å². The van der Waals surface area contributed by atoms with Crippen LogP contribution in [0.15, 0.2) is 36.5 Å². The molecule has 0 saturated heterocycles. The summed E-state index contributed by atoms with van der Waals surface area (Å²) in [5, 5.41) is 20.2. The van der Waals surface area contributed by atoms with Gasteiger partial charge in [0.25, 0.3) is 0 Å². The number of hydrogen-bond acceptors (Lipinski definition) is 4. The van der Waals surface area contributed by atoms with Gasteiger partial charge in [0.05, 0.1) is 35.3 Å². The fraction of sp³-hybridized carbons (Fsp3) is 0.391. The Morgan fingerprint density at radius 3 is 2.68 bits per heavy atom. The van der Waals surface area contributed by atoms with E-state index in [2.05, 4.69) is 20.5 Å². The monoisotopic (exact) mass is 424 g/mol. The lowest BCUT2D eigenvalue weighted by molar-refractivity contribution is -0.146. The van der Waals surface area contributed by atoms with E-state index >= 15 is 0 Å². The van der Waals surface area contributed by atoms with Crippen molar-refractivity contribution in [3.63, 3.8) is 0 Å². The van der Waals surface area contributed by atoms with Crippen LogP contribution in [0.1, 0.15) is 61.9 Å². The van der Waals surface area contributed by atoms with Crippen LogP contribution in [-0.2, 0) is 9.59 Å². The average Bonchev–Trinajstić information content (AvgIpc) is 3.40. The molecule has 1 amide bonds. The van der Waals surface area contributed by atoms with E-state index in [0.29, 0.717) is 36.1 Å². The highest BCUT2D eigenvalue weighted by molar-refractivity contribution is 5.86. The zero-order valence-electron chi connectivity index (χ0n) is 17.4.